The Morgan fingerprint density at radius 3 is 2.33 bits per heavy atom. The van der Waals surface area contributed by atoms with E-state index in [4.69, 9.17) is 20.4 Å². The number of phosphoric acid groups is 1. The van der Waals surface area contributed by atoms with Crippen molar-refractivity contribution in [2.75, 3.05) is 6.61 Å². The summed E-state index contributed by atoms with van der Waals surface area (Å²) in [6.07, 6.45) is 5.92. The predicted molar refractivity (Wildman–Crippen MR) is 142 cm³/mol. The number of ether oxygens (including phenoxy) is 1. The average molecular weight is 563 g/mol. The lowest BCUT2D eigenvalue weighted by Gasteiger charge is -2.22. The fraction of sp³-hybridized carbons (Fsp3) is 0.423. The SMILES string of the molecule is CC(=O)N[C@@H](Cc1ccc(OP(=O)(O)O)cc1)C(=O)NCc1ccc(OCC2CCCCC2)c(C(=O)NN)c1. The third kappa shape index (κ3) is 9.99. The largest absolute Gasteiger partial charge is 0.524 e. The third-order valence-electron chi connectivity index (χ3n) is 6.37. The van der Waals surface area contributed by atoms with E-state index in [1.807, 2.05) is 0 Å². The van der Waals surface area contributed by atoms with E-state index in [9.17, 15) is 18.9 Å². The van der Waals surface area contributed by atoms with Crippen LogP contribution in [0.25, 0.3) is 0 Å². The van der Waals surface area contributed by atoms with Gasteiger partial charge in [0.2, 0.25) is 11.8 Å². The van der Waals surface area contributed by atoms with E-state index in [2.05, 4.69) is 20.6 Å². The molecule has 0 radical (unpaired) electrons. The fourth-order valence-electron chi connectivity index (χ4n) is 4.46. The van der Waals surface area contributed by atoms with Gasteiger partial charge in [-0.2, -0.15) is 0 Å². The van der Waals surface area contributed by atoms with Crippen LogP contribution in [0, 0.1) is 5.92 Å². The molecule has 212 valence electrons. The van der Waals surface area contributed by atoms with Crippen LogP contribution in [0.1, 0.15) is 60.5 Å². The van der Waals surface area contributed by atoms with E-state index in [1.54, 1.807) is 18.2 Å². The lowest BCUT2D eigenvalue weighted by Crippen LogP contribution is -2.47. The monoisotopic (exact) mass is 562 g/mol. The summed E-state index contributed by atoms with van der Waals surface area (Å²) in [5.74, 6) is 4.84. The Morgan fingerprint density at radius 2 is 1.72 bits per heavy atom. The Balaban J connectivity index is 1.65. The molecule has 0 unspecified atom stereocenters. The van der Waals surface area contributed by atoms with Gasteiger partial charge in [0.15, 0.2) is 0 Å². The van der Waals surface area contributed by atoms with E-state index >= 15 is 0 Å². The second-order valence-corrected chi connectivity index (χ2v) is 10.7. The molecule has 1 fully saturated rings. The second-order valence-electron chi connectivity index (χ2n) is 9.52. The number of benzene rings is 2. The molecule has 12 nitrogen and oxygen atoms in total. The Morgan fingerprint density at radius 1 is 1.05 bits per heavy atom. The maximum absolute atomic E-state index is 13.0. The molecule has 1 saturated carbocycles. The highest BCUT2D eigenvalue weighted by molar-refractivity contribution is 7.46. The molecule has 2 aromatic rings. The zero-order valence-corrected chi connectivity index (χ0v) is 22.6. The van der Waals surface area contributed by atoms with Crippen LogP contribution < -0.4 is 31.2 Å². The van der Waals surface area contributed by atoms with Gasteiger partial charge in [0.05, 0.1) is 12.2 Å². The standard InChI is InChI=1S/C26H35N4O8P/c1-17(31)29-23(14-18-7-10-21(11-8-18)38-39(34,35)36)26(33)28-15-20-9-12-24(22(13-20)25(32)30-27)37-16-19-5-3-2-4-6-19/h7-13,19,23H,2-6,14-16,27H2,1H3,(H,28,33)(H,29,31)(H,30,32)(H2,34,35,36)/t23-/m0/s1. The quantitative estimate of drug-likeness (QED) is 0.0974. The second kappa shape index (κ2) is 14.1. The molecule has 13 heteroatoms. The zero-order valence-electron chi connectivity index (χ0n) is 21.7. The molecule has 0 heterocycles. The van der Waals surface area contributed by atoms with Gasteiger partial charge in [0.1, 0.15) is 17.5 Å². The summed E-state index contributed by atoms with van der Waals surface area (Å²) in [6.45, 7) is 1.89. The van der Waals surface area contributed by atoms with Crippen molar-refractivity contribution in [1.29, 1.82) is 0 Å². The molecule has 1 atom stereocenters. The van der Waals surface area contributed by atoms with Crippen LogP contribution in [-0.2, 0) is 27.1 Å². The van der Waals surface area contributed by atoms with E-state index in [1.165, 1.54) is 50.5 Å². The Bertz CT molecular complexity index is 1190. The van der Waals surface area contributed by atoms with Crippen molar-refractivity contribution in [2.45, 2.75) is 58.0 Å². The van der Waals surface area contributed by atoms with Crippen LogP contribution in [0.2, 0.25) is 0 Å². The summed E-state index contributed by atoms with van der Waals surface area (Å²) < 4.78 is 21.5. The zero-order chi connectivity index (χ0) is 28.4. The highest BCUT2D eigenvalue weighted by Gasteiger charge is 2.22. The molecule has 0 spiro atoms. The van der Waals surface area contributed by atoms with Crippen LogP contribution in [0.15, 0.2) is 42.5 Å². The van der Waals surface area contributed by atoms with Gasteiger partial charge >= 0.3 is 7.82 Å². The molecule has 0 aromatic heterocycles. The van der Waals surface area contributed by atoms with Crippen LogP contribution in [-0.4, -0.2) is 40.2 Å². The molecule has 0 saturated heterocycles. The molecule has 39 heavy (non-hydrogen) atoms. The molecule has 3 rings (SSSR count). The van der Waals surface area contributed by atoms with Gasteiger partial charge in [-0.1, -0.05) is 37.5 Å². The molecular weight excluding hydrogens is 527 g/mol. The average Bonchev–Trinajstić information content (AvgIpc) is 2.90. The summed E-state index contributed by atoms with van der Waals surface area (Å²) in [7, 11) is -4.69. The van der Waals surface area contributed by atoms with Crippen molar-refractivity contribution in [3.8, 4) is 11.5 Å². The fourth-order valence-corrected chi connectivity index (χ4v) is 4.85. The number of carbonyl (C=O) groups is 3. The summed E-state index contributed by atoms with van der Waals surface area (Å²) in [6, 6.07) is 9.91. The van der Waals surface area contributed by atoms with Crippen molar-refractivity contribution >= 4 is 25.5 Å². The van der Waals surface area contributed by atoms with E-state index in [0.29, 0.717) is 29.4 Å². The van der Waals surface area contributed by atoms with Crippen molar-refractivity contribution in [3.63, 3.8) is 0 Å². The van der Waals surface area contributed by atoms with Crippen LogP contribution in [0.4, 0.5) is 0 Å². The van der Waals surface area contributed by atoms with Gasteiger partial charge in [-0.3, -0.25) is 29.6 Å². The normalized spacial score (nSPS) is 14.7. The van der Waals surface area contributed by atoms with Crippen LogP contribution in [0.5, 0.6) is 11.5 Å². The lowest BCUT2D eigenvalue weighted by molar-refractivity contribution is -0.128. The molecule has 1 aliphatic rings. The number of rotatable bonds is 12. The number of amides is 3. The molecule has 1 aliphatic carbocycles. The first-order valence-corrected chi connectivity index (χ1v) is 14.2. The molecule has 3 amide bonds. The number of nitrogens with two attached hydrogens (primary N) is 1. The Kier molecular flexibility index (Phi) is 10.9. The summed E-state index contributed by atoms with van der Waals surface area (Å²) in [5, 5.41) is 5.37. The molecule has 2 aromatic carbocycles. The number of nitrogen functional groups attached to an aromatic ring is 1. The minimum absolute atomic E-state index is 0.0314. The number of nitrogens with one attached hydrogen (secondary N) is 3. The first kappa shape index (κ1) is 30.1. The first-order chi connectivity index (χ1) is 18.5. The smallest absolute Gasteiger partial charge is 0.492 e. The minimum atomic E-state index is -4.69. The van der Waals surface area contributed by atoms with Crippen molar-refractivity contribution in [3.05, 3.63) is 59.2 Å². The number of hydrogen-bond donors (Lipinski definition) is 6. The van der Waals surface area contributed by atoms with E-state index in [-0.39, 0.29) is 24.3 Å². The van der Waals surface area contributed by atoms with Gasteiger partial charge in [0, 0.05) is 19.9 Å². The summed E-state index contributed by atoms with van der Waals surface area (Å²) in [5.41, 5.74) is 3.65. The van der Waals surface area contributed by atoms with Gasteiger partial charge in [-0.05, 0) is 54.2 Å². The van der Waals surface area contributed by atoms with Crippen molar-refractivity contribution in [1.82, 2.24) is 16.1 Å². The Hall–Kier alpha value is -3.44. The number of carbonyl (C=O) groups excluding carboxylic acids is 3. The molecule has 7 N–H and O–H groups in total. The first-order valence-electron chi connectivity index (χ1n) is 12.7. The molecule has 0 bridgehead atoms. The van der Waals surface area contributed by atoms with Crippen LogP contribution in [0.3, 0.4) is 0 Å². The highest BCUT2D eigenvalue weighted by Crippen LogP contribution is 2.37. The summed E-state index contributed by atoms with van der Waals surface area (Å²) in [4.78, 5) is 54.9. The maximum atomic E-state index is 13.0. The Labute approximate surface area is 226 Å². The van der Waals surface area contributed by atoms with Crippen molar-refractivity contribution < 1.29 is 38.0 Å². The third-order valence-corrected chi connectivity index (χ3v) is 6.82. The number of phosphoric ester groups is 1. The van der Waals surface area contributed by atoms with Gasteiger partial charge < -0.3 is 19.9 Å². The van der Waals surface area contributed by atoms with Gasteiger partial charge in [0.25, 0.3) is 5.91 Å². The number of hydrazine groups is 1. The predicted octanol–water partition coefficient (Wildman–Crippen LogP) is 2.08. The van der Waals surface area contributed by atoms with Crippen LogP contribution >= 0.6 is 7.82 Å². The molecule has 0 aliphatic heterocycles. The van der Waals surface area contributed by atoms with E-state index in [0.717, 1.165) is 12.8 Å². The molecular formula is C26H35N4O8P. The maximum Gasteiger partial charge on any atom is 0.524 e. The van der Waals surface area contributed by atoms with Gasteiger partial charge in [-0.15, -0.1) is 0 Å². The van der Waals surface area contributed by atoms with Gasteiger partial charge in [-0.25, -0.2) is 10.4 Å². The highest BCUT2D eigenvalue weighted by atomic mass is 31.2. The summed E-state index contributed by atoms with van der Waals surface area (Å²) >= 11 is 0. The van der Waals surface area contributed by atoms with E-state index < -0.39 is 31.6 Å². The van der Waals surface area contributed by atoms with Crippen molar-refractivity contribution in [2.24, 2.45) is 11.8 Å². The minimum Gasteiger partial charge on any atom is -0.492 e. The lowest BCUT2D eigenvalue weighted by atomic mass is 9.90. The topological polar surface area (TPSA) is 189 Å². The number of hydrogen-bond acceptors (Lipinski definition) is 7.